The minimum Gasteiger partial charge on any atom is -0.328 e. The highest BCUT2D eigenvalue weighted by atomic mass is 79.9. The van der Waals surface area contributed by atoms with Crippen LogP contribution in [0, 0.1) is 5.41 Å². The zero-order valence-corrected chi connectivity index (χ0v) is 14.2. The molecule has 0 fully saturated rings. The van der Waals surface area contributed by atoms with E-state index in [4.69, 9.17) is 5.73 Å². The van der Waals surface area contributed by atoms with Crippen LogP contribution in [-0.4, -0.2) is 24.5 Å². The molecule has 0 saturated carbocycles. The quantitative estimate of drug-likeness (QED) is 0.854. The van der Waals surface area contributed by atoms with Gasteiger partial charge in [0.1, 0.15) is 0 Å². The van der Waals surface area contributed by atoms with Crippen molar-refractivity contribution < 1.29 is 0 Å². The second-order valence-electron chi connectivity index (χ2n) is 6.68. The predicted molar refractivity (Wildman–Crippen MR) is 87.1 cm³/mol. The van der Waals surface area contributed by atoms with Crippen molar-refractivity contribution in [2.24, 2.45) is 11.1 Å². The average Bonchev–Trinajstić information content (AvgIpc) is 2.24. The van der Waals surface area contributed by atoms with Crippen LogP contribution in [0.2, 0.25) is 0 Å². The smallest absolute Gasteiger partial charge is 0.0231 e. The Morgan fingerprint density at radius 1 is 1.32 bits per heavy atom. The second kappa shape index (κ2) is 7.41. The Kier molecular flexibility index (Phi) is 6.51. The molecule has 1 rings (SSSR count). The summed E-state index contributed by atoms with van der Waals surface area (Å²) in [5.74, 6) is 0. The number of hydrogen-bond donors (Lipinski definition) is 1. The third-order valence-corrected chi connectivity index (χ3v) is 3.59. The van der Waals surface area contributed by atoms with Gasteiger partial charge in [-0.25, -0.2) is 0 Å². The van der Waals surface area contributed by atoms with E-state index < -0.39 is 0 Å². The zero-order chi connectivity index (χ0) is 14.5. The average molecular weight is 327 g/mol. The van der Waals surface area contributed by atoms with Crippen LogP contribution in [0.25, 0.3) is 0 Å². The SMILES string of the molecule is CN(CCC(N)CC(C)(C)C)Cc1cccc(Br)c1. The molecule has 0 amide bonds. The Hall–Kier alpha value is -0.380. The molecule has 19 heavy (non-hydrogen) atoms. The van der Waals surface area contributed by atoms with Crippen LogP contribution < -0.4 is 5.73 Å². The van der Waals surface area contributed by atoms with Gasteiger partial charge in [-0.1, -0.05) is 48.8 Å². The molecule has 1 aromatic carbocycles. The summed E-state index contributed by atoms with van der Waals surface area (Å²) in [7, 11) is 2.16. The monoisotopic (exact) mass is 326 g/mol. The lowest BCUT2D eigenvalue weighted by Crippen LogP contribution is -2.31. The van der Waals surface area contributed by atoms with Gasteiger partial charge in [0.05, 0.1) is 0 Å². The molecule has 0 radical (unpaired) electrons. The molecule has 0 aliphatic rings. The maximum atomic E-state index is 6.19. The molecule has 1 atom stereocenters. The van der Waals surface area contributed by atoms with E-state index in [0.29, 0.717) is 11.5 Å². The Bertz CT molecular complexity index is 385. The highest BCUT2D eigenvalue weighted by Gasteiger charge is 2.15. The summed E-state index contributed by atoms with van der Waals surface area (Å²) in [5.41, 5.74) is 7.85. The van der Waals surface area contributed by atoms with Crippen molar-refractivity contribution in [3.8, 4) is 0 Å². The van der Waals surface area contributed by atoms with Crippen molar-refractivity contribution in [2.45, 2.75) is 46.2 Å². The molecule has 0 aromatic heterocycles. The number of nitrogens with zero attached hydrogens (tertiary/aromatic N) is 1. The number of nitrogens with two attached hydrogens (primary N) is 1. The lowest BCUT2D eigenvalue weighted by Gasteiger charge is -2.25. The van der Waals surface area contributed by atoms with Gasteiger partial charge < -0.3 is 10.6 Å². The first kappa shape index (κ1) is 16.7. The Labute approximate surface area is 126 Å². The summed E-state index contributed by atoms with van der Waals surface area (Å²) in [6.45, 7) is 8.76. The largest absolute Gasteiger partial charge is 0.328 e. The first-order valence-electron chi connectivity index (χ1n) is 6.95. The van der Waals surface area contributed by atoms with Gasteiger partial charge in [-0.2, -0.15) is 0 Å². The maximum Gasteiger partial charge on any atom is 0.0231 e. The molecule has 2 nitrogen and oxygen atoms in total. The third-order valence-electron chi connectivity index (χ3n) is 3.10. The van der Waals surface area contributed by atoms with Crippen molar-refractivity contribution in [1.29, 1.82) is 0 Å². The molecule has 108 valence electrons. The summed E-state index contributed by atoms with van der Waals surface area (Å²) >= 11 is 3.51. The second-order valence-corrected chi connectivity index (χ2v) is 7.60. The first-order valence-corrected chi connectivity index (χ1v) is 7.74. The standard InChI is InChI=1S/C16H27BrN2/c1-16(2,3)11-15(18)8-9-19(4)12-13-6-5-7-14(17)10-13/h5-7,10,15H,8-9,11-12,18H2,1-4H3. The van der Waals surface area contributed by atoms with E-state index in [2.05, 4.69) is 72.9 Å². The molecule has 1 aromatic rings. The van der Waals surface area contributed by atoms with Gasteiger partial charge in [0.25, 0.3) is 0 Å². The van der Waals surface area contributed by atoms with Crippen LogP contribution in [0.5, 0.6) is 0 Å². The molecular weight excluding hydrogens is 300 g/mol. The minimum atomic E-state index is 0.296. The van der Waals surface area contributed by atoms with Gasteiger partial charge in [-0.05, 0) is 49.5 Å². The van der Waals surface area contributed by atoms with Crippen LogP contribution in [0.1, 0.15) is 39.2 Å². The van der Waals surface area contributed by atoms with Gasteiger partial charge in [-0.3, -0.25) is 0 Å². The summed E-state index contributed by atoms with van der Waals surface area (Å²) in [6.07, 6.45) is 2.14. The topological polar surface area (TPSA) is 29.3 Å². The molecule has 2 N–H and O–H groups in total. The van der Waals surface area contributed by atoms with E-state index in [0.717, 1.165) is 30.4 Å². The van der Waals surface area contributed by atoms with Crippen LogP contribution in [-0.2, 0) is 6.54 Å². The van der Waals surface area contributed by atoms with E-state index >= 15 is 0 Å². The zero-order valence-electron chi connectivity index (χ0n) is 12.6. The normalized spacial score (nSPS) is 13.8. The van der Waals surface area contributed by atoms with Gasteiger partial charge in [0, 0.05) is 17.1 Å². The molecule has 0 heterocycles. The highest BCUT2D eigenvalue weighted by Crippen LogP contribution is 2.21. The van der Waals surface area contributed by atoms with Gasteiger partial charge in [0.2, 0.25) is 0 Å². The molecule has 0 bridgehead atoms. The minimum absolute atomic E-state index is 0.296. The summed E-state index contributed by atoms with van der Waals surface area (Å²) < 4.78 is 1.14. The molecule has 0 spiro atoms. The number of rotatable bonds is 6. The van der Waals surface area contributed by atoms with Crippen molar-refractivity contribution >= 4 is 15.9 Å². The predicted octanol–water partition coefficient (Wildman–Crippen LogP) is 4.03. The van der Waals surface area contributed by atoms with Crippen molar-refractivity contribution in [1.82, 2.24) is 4.90 Å². The Balaban J connectivity index is 2.34. The fourth-order valence-electron chi connectivity index (χ4n) is 2.30. The third kappa shape index (κ3) is 7.71. The molecule has 0 saturated heterocycles. The van der Waals surface area contributed by atoms with E-state index in [1.54, 1.807) is 0 Å². The Morgan fingerprint density at radius 2 is 2.00 bits per heavy atom. The number of hydrogen-bond acceptors (Lipinski definition) is 2. The maximum absolute atomic E-state index is 6.19. The summed E-state index contributed by atoms with van der Waals surface area (Å²) in [6, 6.07) is 8.77. The van der Waals surface area contributed by atoms with Crippen LogP contribution >= 0.6 is 15.9 Å². The molecule has 1 unspecified atom stereocenters. The molecular formula is C16H27BrN2. The van der Waals surface area contributed by atoms with Crippen molar-refractivity contribution in [2.75, 3.05) is 13.6 Å². The van der Waals surface area contributed by atoms with Gasteiger partial charge in [-0.15, -0.1) is 0 Å². The highest BCUT2D eigenvalue weighted by molar-refractivity contribution is 9.10. The van der Waals surface area contributed by atoms with E-state index in [1.807, 2.05) is 0 Å². The molecule has 0 aliphatic carbocycles. The van der Waals surface area contributed by atoms with Crippen molar-refractivity contribution in [3.63, 3.8) is 0 Å². The van der Waals surface area contributed by atoms with E-state index in [9.17, 15) is 0 Å². The van der Waals surface area contributed by atoms with Crippen LogP contribution in [0.15, 0.2) is 28.7 Å². The van der Waals surface area contributed by atoms with Crippen LogP contribution in [0.4, 0.5) is 0 Å². The first-order chi connectivity index (χ1) is 8.76. The number of halogens is 1. The lowest BCUT2D eigenvalue weighted by molar-refractivity contribution is 0.278. The molecule has 0 aliphatic heterocycles. The van der Waals surface area contributed by atoms with Gasteiger partial charge >= 0.3 is 0 Å². The fourth-order valence-corrected chi connectivity index (χ4v) is 2.75. The summed E-state index contributed by atoms with van der Waals surface area (Å²) in [5, 5.41) is 0. The van der Waals surface area contributed by atoms with E-state index in [-0.39, 0.29) is 0 Å². The fraction of sp³-hybridized carbons (Fsp3) is 0.625. The summed E-state index contributed by atoms with van der Waals surface area (Å²) in [4.78, 5) is 2.34. The molecule has 3 heteroatoms. The van der Waals surface area contributed by atoms with E-state index in [1.165, 1.54) is 5.56 Å². The Morgan fingerprint density at radius 3 is 2.58 bits per heavy atom. The van der Waals surface area contributed by atoms with Gasteiger partial charge in [0.15, 0.2) is 0 Å². The van der Waals surface area contributed by atoms with Crippen LogP contribution in [0.3, 0.4) is 0 Å². The van der Waals surface area contributed by atoms with Crippen molar-refractivity contribution in [3.05, 3.63) is 34.3 Å². The number of benzene rings is 1. The lowest BCUT2D eigenvalue weighted by atomic mass is 9.87.